The van der Waals surface area contributed by atoms with Crippen molar-refractivity contribution < 1.29 is 14.4 Å². The van der Waals surface area contributed by atoms with Crippen molar-refractivity contribution >= 4 is 17.8 Å². The number of imide groups is 1. The highest BCUT2D eigenvalue weighted by molar-refractivity contribution is 6.19. The standard InChI is InChI=1S/C22H39N3O3/c1-2-3-4-5-6-7-8-9-10-11-12-13-14-15-16-17-18-22(19(23)26)20(27)24-21(28)25-22/h9-10H,2-8,11-18H2,1H3,(H2,23,26)(H2,24,25,27,28)/b10-9-. The highest BCUT2D eigenvalue weighted by Gasteiger charge is 2.50. The van der Waals surface area contributed by atoms with Gasteiger partial charge in [0.1, 0.15) is 0 Å². The van der Waals surface area contributed by atoms with Crippen molar-refractivity contribution in [2.45, 2.75) is 109 Å². The maximum Gasteiger partial charge on any atom is 0.322 e. The molecule has 4 N–H and O–H groups in total. The van der Waals surface area contributed by atoms with Gasteiger partial charge in [-0.15, -0.1) is 0 Å². The van der Waals surface area contributed by atoms with Crippen molar-refractivity contribution in [3.8, 4) is 0 Å². The molecule has 4 amide bonds. The number of rotatable bonds is 17. The van der Waals surface area contributed by atoms with Gasteiger partial charge in [0.25, 0.3) is 11.8 Å². The Morgan fingerprint density at radius 1 is 0.857 bits per heavy atom. The molecule has 1 aliphatic heterocycles. The minimum atomic E-state index is -1.56. The number of hydrogen-bond donors (Lipinski definition) is 3. The molecule has 1 rings (SSSR count). The SMILES string of the molecule is CCCCCCCC/C=C\CCCCCCCCC1(C(N)=O)NC(=O)NC1=O. The predicted octanol–water partition coefficient (Wildman–Crippen LogP) is 4.48. The van der Waals surface area contributed by atoms with Crippen LogP contribution < -0.4 is 16.4 Å². The fourth-order valence-electron chi connectivity index (χ4n) is 3.60. The van der Waals surface area contributed by atoms with Crippen LogP contribution in [-0.4, -0.2) is 23.4 Å². The Morgan fingerprint density at radius 2 is 1.36 bits per heavy atom. The van der Waals surface area contributed by atoms with E-state index >= 15 is 0 Å². The summed E-state index contributed by atoms with van der Waals surface area (Å²) in [4.78, 5) is 34.7. The van der Waals surface area contributed by atoms with Gasteiger partial charge in [0.2, 0.25) is 0 Å². The number of urea groups is 1. The van der Waals surface area contributed by atoms with Gasteiger partial charge in [-0.3, -0.25) is 14.9 Å². The number of hydrogen-bond acceptors (Lipinski definition) is 3. The molecule has 1 unspecified atom stereocenters. The lowest BCUT2D eigenvalue weighted by molar-refractivity contribution is -0.134. The lowest BCUT2D eigenvalue weighted by Gasteiger charge is -2.21. The summed E-state index contributed by atoms with van der Waals surface area (Å²) in [6.07, 6.45) is 21.6. The zero-order chi connectivity index (χ0) is 20.7. The summed E-state index contributed by atoms with van der Waals surface area (Å²) in [5.74, 6) is -1.42. The molecule has 0 saturated carbocycles. The fraction of sp³-hybridized carbons (Fsp3) is 0.773. The topological polar surface area (TPSA) is 101 Å². The normalized spacial score (nSPS) is 19.2. The van der Waals surface area contributed by atoms with E-state index in [1.54, 1.807) is 0 Å². The lowest BCUT2D eigenvalue weighted by Crippen LogP contribution is -2.57. The van der Waals surface area contributed by atoms with Crippen LogP contribution in [0, 0.1) is 0 Å². The van der Waals surface area contributed by atoms with E-state index in [-0.39, 0.29) is 6.42 Å². The van der Waals surface area contributed by atoms with Gasteiger partial charge in [-0.1, -0.05) is 83.3 Å². The molecular formula is C22H39N3O3. The molecule has 1 heterocycles. The maximum absolute atomic E-state index is 11.8. The monoisotopic (exact) mass is 393 g/mol. The van der Waals surface area contributed by atoms with Crippen molar-refractivity contribution in [1.29, 1.82) is 0 Å². The average Bonchev–Trinajstić information content (AvgIpc) is 2.95. The smallest absolute Gasteiger partial charge is 0.322 e. The Kier molecular flexibility index (Phi) is 12.3. The van der Waals surface area contributed by atoms with Gasteiger partial charge in [-0.2, -0.15) is 0 Å². The van der Waals surface area contributed by atoms with E-state index in [4.69, 9.17) is 5.73 Å². The zero-order valence-electron chi connectivity index (χ0n) is 17.6. The Balaban J connectivity index is 1.96. The van der Waals surface area contributed by atoms with Crippen LogP contribution in [0.25, 0.3) is 0 Å². The summed E-state index contributed by atoms with van der Waals surface area (Å²) >= 11 is 0. The number of carbonyl (C=O) groups excluding carboxylic acids is 3. The molecule has 0 spiro atoms. The number of nitrogens with two attached hydrogens (primary N) is 1. The molecule has 6 heteroatoms. The molecule has 1 saturated heterocycles. The second-order valence-electron chi connectivity index (χ2n) is 7.87. The third-order valence-electron chi connectivity index (χ3n) is 5.43. The van der Waals surface area contributed by atoms with Crippen LogP contribution in [0.2, 0.25) is 0 Å². The van der Waals surface area contributed by atoms with Crippen LogP contribution in [0.5, 0.6) is 0 Å². The third kappa shape index (κ3) is 8.89. The molecule has 160 valence electrons. The number of unbranched alkanes of at least 4 members (excludes halogenated alkanes) is 12. The summed E-state index contributed by atoms with van der Waals surface area (Å²) in [5, 5.41) is 4.48. The summed E-state index contributed by atoms with van der Waals surface area (Å²) in [6, 6.07) is -0.645. The molecule has 0 aromatic rings. The van der Waals surface area contributed by atoms with Gasteiger partial charge >= 0.3 is 6.03 Å². The fourth-order valence-corrected chi connectivity index (χ4v) is 3.60. The number of primary amides is 1. The molecule has 0 radical (unpaired) electrons. The van der Waals surface area contributed by atoms with Crippen molar-refractivity contribution in [2.24, 2.45) is 5.73 Å². The first kappa shape index (κ1) is 24.2. The summed E-state index contributed by atoms with van der Waals surface area (Å²) in [6.45, 7) is 2.25. The average molecular weight is 394 g/mol. The van der Waals surface area contributed by atoms with Gasteiger partial charge in [0, 0.05) is 0 Å². The second-order valence-corrected chi connectivity index (χ2v) is 7.87. The van der Waals surface area contributed by atoms with Crippen LogP contribution in [0.1, 0.15) is 103 Å². The van der Waals surface area contributed by atoms with E-state index in [0.29, 0.717) is 6.42 Å². The minimum absolute atomic E-state index is 0.265. The molecular weight excluding hydrogens is 354 g/mol. The predicted molar refractivity (Wildman–Crippen MR) is 113 cm³/mol. The Labute approximate surface area is 170 Å². The summed E-state index contributed by atoms with van der Waals surface area (Å²) in [5.41, 5.74) is 3.77. The van der Waals surface area contributed by atoms with E-state index in [9.17, 15) is 14.4 Å². The molecule has 0 aromatic heterocycles. The van der Waals surface area contributed by atoms with Crippen molar-refractivity contribution in [2.75, 3.05) is 0 Å². The van der Waals surface area contributed by atoms with E-state index < -0.39 is 23.4 Å². The first-order chi connectivity index (χ1) is 13.5. The molecule has 0 aromatic carbocycles. The van der Waals surface area contributed by atoms with E-state index in [0.717, 1.165) is 25.7 Å². The van der Waals surface area contributed by atoms with Gasteiger partial charge < -0.3 is 11.1 Å². The third-order valence-corrected chi connectivity index (χ3v) is 5.43. The van der Waals surface area contributed by atoms with E-state index in [2.05, 4.69) is 29.7 Å². The van der Waals surface area contributed by atoms with Gasteiger partial charge in [-0.25, -0.2) is 4.79 Å². The molecule has 0 aliphatic carbocycles. The molecule has 1 aliphatic rings. The van der Waals surface area contributed by atoms with Crippen LogP contribution in [0.15, 0.2) is 12.2 Å². The van der Waals surface area contributed by atoms with E-state index in [1.165, 1.54) is 57.8 Å². The maximum atomic E-state index is 11.8. The van der Waals surface area contributed by atoms with Crippen molar-refractivity contribution in [1.82, 2.24) is 10.6 Å². The van der Waals surface area contributed by atoms with E-state index in [1.807, 2.05) is 0 Å². The van der Waals surface area contributed by atoms with Gasteiger partial charge in [0.05, 0.1) is 0 Å². The Morgan fingerprint density at radius 3 is 1.82 bits per heavy atom. The number of allylic oxidation sites excluding steroid dienone is 2. The number of nitrogens with one attached hydrogen (secondary N) is 2. The zero-order valence-corrected chi connectivity index (χ0v) is 17.6. The minimum Gasteiger partial charge on any atom is -0.367 e. The molecule has 28 heavy (non-hydrogen) atoms. The number of carbonyl (C=O) groups is 3. The lowest BCUT2D eigenvalue weighted by atomic mass is 9.91. The first-order valence-corrected chi connectivity index (χ1v) is 11.1. The first-order valence-electron chi connectivity index (χ1n) is 11.1. The highest BCUT2D eigenvalue weighted by Crippen LogP contribution is 2.20. The Bertz CT molecular complexity index is 519. The van der Waals surface area contributed by atoms with Gasteiger partial charge in [0.15, 0.2) is 5.54 Å². The summed E-state index contributed by atoms with van der Waals surface area (Å²) < 4.78 is 0. The Hall–Kier alpha value is -1.85. The molecule has 0 bridgehead atoms. The van der Waals surface area contributed by atoms with Gasteiger partial charge in [-0.05, 0) is 32.1 Å². The van der Waals surface area contributed by atoms with Crippen molar-refractivity contribution in [3.05, 3.63) is 12.2 Å². The molecule has 6 nitrogen and oxygen atoms in total. The summed E-state index contributed by atoms with van der Waals surface area (Å²) in [7, 11) is 0. The van der Waals surface area contributed by atoms with Crippen LogP contribution in [0.3, 0.4) is 0 Å². The second kappa shape index (κ2) is 14.2. The highest BCUT2D eigenvalue weighted by atomic mass is 16.2. The molecule has 1 fully saturated rings. The van der Waals surface area contributed by atoms with Crippen molar-refractivity contribution in [3.63, 3.8) is 0 Å². The van der Waals surface area contributed by atoms with Crippen LogP contribution >= 0.6 is 0 Å². The largest absolute Gasteiger partial charge is 0.367 e. The molecule has 1 atom stereocenters. The van der Waals surface area contributed by atoms with Crippen LogP contribution in [0.4, 0.5) is 4.79 Å². The van der Waals surface area contributed by atoms with Crippen LogP contribution in [-0.2, 0) is 9.59 Å². The number of amides is 4. The quantitative estimate of drug-likeness (QED) is 0.147.